The molecule has 0 saturated heterocycles. The summed E-state index contributed by atoms with van der Waals surface area (Å²) < 4.78 is 10.9. The lowest BCUT2D eigenvalue weighted by Gasteiger charge is -1.92. The minimum absolute atomic E-state index is 0.315. The van der Waals surface area contributed by atoms with E-state index in [-0.39, 0.29) is 5.92 Å². The van der Waals surface area contributed by atoms with Gasteiger partial charge in [-0.15, -0.1) is 0 Å². The molecule has 1 radical (unpaired) electrons. The van der Waals surface area contributed by atoms with Gasteiger partial charge in [0.15, 0.2) is 0 Å². The molecule has 41 valence electrons. The second-order valence-corrected chi connectivity index (χ2v) is 1.58. The molecule has 0 aliphatic rings. The third-order valence-corrected chi connectivity index (χ3v) is 0.577. The van der Waals surface area contributed by atoms with Gasteiger partial charge in [-0.3, -0.25) is 4.79 Å². The van der Waals surface area contributed by atoms with Gasteiger partial charge in [-0.1, -0.05) is 18.3 Å². The normalized spacial score (nSPS) is 9.14. The summed E-state index contributed by atoms with van der Waals surface area (Å²) in [5, 5.41) is 0. The Morgan fingerprint density at radius 3 is 2.14 bits per heavy atom. The monoisotopic (exact) mass is 104 g/mol. The Balaban J connectivity index is 3.35. The van der Waals surface area contributed by atoms with Crippen molar-refractivity contribution in [3.05, 3.63) is 0 Å². The van der Waals surface area contributed by atoms with Crippen molar-refractivity contribution >= 4 is 5.91 Å². The van der Waals surface area contributed by atoms with Crippen LogP contribution in [-0.4, -0.2) is 5.91 Å². The van der Waals surface area contributed by atoms with E-state index in [1.165, 1.54) is 0 Å². The number of halogens is 1. The van der Waals surface area contributed by atoms with Crippen LogP contribution in [-0.2, 0) is 4.79 Å². The number of amides is 1. The van der Waals surface area contributed by atoms with E-state index >= 15 is 0 Å². The molecule has 0 bridgehead atoms. The Morgan fingerprint density at radius 1 is 1.71 bits per heavy atom. The summed E-state index contributed by atoms with van der Waals surface area (Å²) in [7, 11) is 0. The number of nitrogens with zero attached hydrogens (tertiary/aromatic N) is 1. The zero-order chi connectivity index (χ0) is 5.86. The third kappa shape index (κ3) is 2.14. The number of carbonyl (C=O) groups is 1. The molecule has 0 rings (SSSR count). The Bertz CT molecular complexity index is 72.1. The van der Waals surface area contributed by atoms with Crippen molar-refractivity contribution in [1.82, 2.24) is 5.54 Å². The zero-order valence-corrected chi connectivity index (χ0v) is 4.31. The van der Waals surface area contributed by atoms with Crippen LogP contribution in [0.3, 0.4) is 0 Å². The average molecular weight is 104 g/mol. The minimum Gasteiger partial charge on any atom is -0.270 e. The van der Waals surface area contributed by atoms with Gasteiger partial charge in [0, 0.05) is 5.92 Å². The number of hydrogen-bond donors (Lipinski definition) is 0. The summed E-state index contributed by atoms with van der Waals surface area (Å²) in [6.45, 7) is 3.18. The largest absolute Gasteiger partial charge is 0.277 e. The molecule has 3 heteroatoms. The van der Waals surface area contributed by atoms with E-state index in [9.17, 15) is 9.28 Å². The Labute approximate surface area is 41.6 Å². The first-order chi connectivity index (χ1) is 3.18. The fourth-order valence-electron chi connectivity index (χ4n) is 0.0976. The third-order valence-electron chi connectivity index (χ3n) is 0.577. The van der Waals surface area contributed by atoms with Crippen LogP contribution in [0.2, 0.25) is 0 Å². The van der Waals surface area contributed by atoms with Gasteiger partial charge in [-0.2, -0.15) is 0 Å². The maximum Gasteiger partial charge on any atom is 0.277 e. The van der Waals surface area contributed by atoms with Crippen LogP contribution in [0.15, 0.2) is 0 Å². The topological polar surface area (TPSA) is 31.2 Å². The highest BCUT2D eigenvalue weighted by atomic mass is 19.2. The summed E-state index contributed by atoms with van der Waals surface area (Å²) in [5.74, 6) is -1.01. The molecular weight excluding hydrogens is 97.0 g/mol. The van der Waals surface area contributed by atoms with Crippen LogP contribution in [0.5, 0.6) is 0 Å². The van der Waals surface area contributed by atoms with Crippen molar-refractivity contribution in [2.45, 2.75) is 13.8 Å². The van der Waals surface area contributed by atoms with Crippen LogP contribution in [0.25, 0.3) is 0 Å². The first kappa shape index (κ1) is 6.40. The Hall–Kier alpha value is -0.600. The molecule has 0 aliphatic carbocycles. The summed E-state index contributed by atoms with van der Waals surface area (Å²) in [5.41, 5.74) is 1.95. The van der Waals surface area contributed by atoms with Gasteiger partial charge in [-0.05, 0) is 5.54 Å². The van der Waals surface area contributed by atoms with Crippen molar-refractivity contribution in [3.63, 3.8) is 0 Å². The van der Waals surface area contributed by atoms with E-state index in [1.54, 1.807) is 13.8 Å². The predicted molar refractivity (Wildman–Crippen MR) is 23.1 cm³/mol. The Morgan fingerprint density at radius 2 is 2.14 bits per heavy atom. The van der Waals surface area contributed by atoms with Gasteiger partial charge in [0.2, 0.25) is 0 Å². The molecule has 0 aromatic rings. The smallest absolute Gasteiger partial charge is 0.270 e. The van der Waals surface area contributed by atoms with Crippen molar-refractivity contribution in [1.29, 1.82) is 0 Å². The second-order valence-electron chi connectivity index (χ2n) is 1.58. The van der Waals surface area contributed by atoms with E-state index in [4.69, 9.17) is 0 Å². The number of hydrogen-bond acceptors (Lipinski definition) is 1. The number of rotatable bonds is 1. The van der Waals surface area contributed by atoms with Gasteiger partial charge in [0.05, 0.1) is 0 Å². The van der Waals surface area contributed by atoms with Crippen LogP contribution in [0.1, 0.15) is 13.8 Å². The SMILES string of the molecule is CC(C)C(=O)[N]F. The minimum atomic E-state index is -0.694. The predicted octanol–water partition coefficient (Wildman–Crippen LogP) is 0.658. The van der Waals surface area contributed by atoms with E-state index in [0.717, 1.165) is 0 Å². The Kier molecular flexibility index (Phi) is 2.33. The second kappa shape index (κ2) is 2.55. The van der Waals surface area contributed by atoms with Crippen molar-refractivity contribution in [3.8, 4) is 0 Å². The molecule has 1 amide bonds. The van der Waals surface area contributed by atoms with Crippen molar-refractivity contribution < 1.29 is 9.28 Å². The van der Waals surface area contributed by atoms with Crippen LogP contribution >= 0.6 is 0 Å². The maximum absolute atomic E-state index is 10.9. The molecule has 2 nitrogen and oxygen atoms in total. The lowest BCUT2D eigenvalue weighted by atomic mass is 10.2. The molecule has 0 N–H and O–H groups in total. The molecule has 0 fully saturated rings. The first-order valence-corrected chi connectivity index (χ1v) is 2.04. The van der Waals surface area contributed by atoms with E-state index in [0.29, 0.717) is 0 Å². The van der Waals surface area contributed by atoms with Gasteiger partial charge in [-0.25, -0.2) is 0 Å². The highest BCUT2D eigenvalue weighted by molar-refractivity contribution is 5.76. The molecular formula is C4H7FNO. The molecule has 0 aliphatic heterocycles. The average Bonchev–Trinajstić information content (AvgIpc) is 1.65. The van der Waals surface area contributed by atoms with Gasteiger partial charge < -0.3 is 0 Å². The van der Waals surface area contributed by atoms with E-state index in [2.05, 4.69) is 0 Å². The number of carbonyl (C=O) groups excluding carboxylic acids is 1. The van der Waals surface area contributed by atoms with Crippen LogP contribution in [0, 0.1) is 5.92 Å². The highest BCUT2D eigenvalue weighted by Gasteiger charge is 2.05. The fourth-order valence-corrected chi connectivity index (χ4v) is 0.0976. The summed E-state index contributed by atoms with van der Waals surface area (Å²) in [6, 6.07) is 0. The molecule has 0 unspecified atom stereocenters. The molecule has 7 heavy (non-hydrogen) atoms. The molecule has 0 atom stereocenters. The molecule has 0 heterocycles. The van der Waals surface area contributed by atoms with Gasteiger partial charge in [0.1, 0.15) is 0 Å². The van der Waals surface area contributed by atoms with Crippen molar-refractivity contribution in [2.24, 2.45) is 5.92 Å². The van der Waals surface area contributed by atoms with Crippen LogP contribution in [0.4, 0.5) is 4.48 Å². The summed E-state index contributed by atoms with van der Waals surface area (Å²) in [6.07, 6.45) is 0. The lowest BCUT2D eigenvalue weighted by molar-refractivity contribution is -0.128. The molecule has 0 aromatic heterocycles. The fraction of sp³-hybridized carbons (Fsp3) is 0.750. The van der Waals surface area contributed by atoms with Gasteiger partial charge >= 0.3 is 0 Å². The zero-order valence-electron chi connectivity index (χ0n) is 4.31. The summed E-state index contributed by atoms with van der Waals surface area (Å²) >= 11 is 0. The van der Waals surface area contributed by atoms with E-state index < -0.39 is 5.91 Å². The maximum atomic E-state index is 10.9. The standard InChI is InChI=1S/C4H7FNO/c1-3(2)4(7)6-5/h3H,1-2H3. The molecule has 0 spiro atoms. The quantitative estimate of drug-likeness (QED) is 0.480. The van der Waals surface area contributed by atoms with Crippen molar-refractivity contribution in [2.75, 3.05) is 0 Å². The molecule has 0 aromatic carbocycles. The molecule has 0 saturated carbocycles. The first-order valence-electron chi connectivity index (χ1n) is 2.04. The lowest BCUT2D eigenvalue weighted by Crippen LogP contribution is -2.13. The van der Waals surface area contributed by atoms with Crippen LogP contribution < -0.4 is 5.54 Å². The van der Waals surface area contributed by atoms with E-state index in [1.807, 2.05) is 5.54 Å². The van der Waals surface area contributed by atoms with Gasteiger partial charge in [0.25, 0.3) is 5.91 Å². The highest BCUT2D eigenvalue weighted by Crippen LogP contribution is 1.90. The summed E-state index contributed by atoms with van der Waals surface area (Å²) in [4.78, 5) is 9.97.